The molecule has 1 rings (SSSR count). The molecule has 0 aliphatic carbocycles. The molecule has 0 N–H and O–H groups in total. The van der Waals surface area contributed by atoms with Gasteiger partial charge < -0.3 is 0 Å². The first-order valence-corrected chi connectivity index (χ1v) is 8.91. The lowest BCUT2D eigenvalue weighted by Gasteiger charge is -2.14. The van der Waals surface area contributed by atoms with E-state index in [0.717, 1.165) is 6.07 Å². The molecule has 84 valence electrons. The van der Waals surface area contributed by atoms with E-state index >= 15 is 0 Å². The van der Waals surface area contributed by atoms with E-state index in [-0.39, 0.29) is 10.8 Å². The number of hydrogen-bond acceptors (Lipinski definition) is 0. The molecule has 0 unspecified atom stereocenters. The first-order chi connectivity index (χ1) is 6.62. The van der Waals surface area contributed by atoms with Crippen molar-refractivity contribution >= 4 is 44.4 Å². The van der Waals surface area contributed by atoms with Crippen LogP contribution in [0.15, 0.2) is 18.2 Å². The quantitative estimate of drug-likeness (QED) is 0.544. The maximum atomic E-state index is 12.5. The first kappa shape index (κ1) is 13.2. The Morgan fingerprint density at radius 2 is 1.67 bits per heavy atom. The molecule has 0 spiro atoms. The van der Waals surface area contributed by atoms with E-state index in [2.05, 4.69) is 0 Å². The first-order valence-electron chi connectivity index (χ1n) is 3.87. The molecule has 15 heavy (non-hydrogen) atoms. The van der Waals surface area contributed by atoms with Crippen molar-refractivity contribution in [2.75, 3.05) is 0 Å². The molecule has 0 aromatic heterocycles. The van der Waals surface area contributed by atoms with Crippen LogP contribution in [0.2, 0.25) is 0 Å². The number of hydrogen-bond donors (Lipinski definition) is 0. The Balaban J connectivity index is 3.30. The van der Waals surface area contributed by atoms with Gasteiger partial charge in [-0.15, -0.1) is 33.2 Å². The lowest BCUT2D eigenvalue weighted by molar-refractivity contribution is -0.138. The average molecular weight is 294 g/mol. The summed E-state index contributed by atoms with van der Waals surface area (Å²) in [5.74, 6) is 0. The molecule has 0 fully saturated rings. The highest BCUT2D eigenvalue weighted by molar-refractivity contribution is 7.69. The van der Waals surface area contributed by atoms with Crippen LogP contribution in [0.3, 0.4) is 0 Å². The Bertz CT molecular complexity index is 370. The molecule has 7 heteroatoms. The van der Waals surface area contributed by atoms with Gasteiger partial charge in [0.05, 0.1) is 5.56 Å². The lowest BCUT2D eigenvalue weighted by atomic mass is 10.1. The van der Waals surface area contributed by atoms with Crippen molar-refractivity contribution in [1.82, 2.24) is 0 Å². The fourth-order valence-electron chi connectivity index (χ4n) is 1.10. The van der Waals surface area contributed by atoms with Gasteiger partial charge in [-0.3, -0.25) is 0 Å². The third kappa shape index (κ3) is 3.28. The summed E-state index contributed by atoms with van der Waals surface area (Å²) in [6.07, 6.45) is -4.41. The molecule has 1 aromatic rings. The van der Waals surface area contributed by atoms with E-state index in [0.29, 0.717) is 0 Å². The fraction of sp³-hybridized carbons (Fsp3) is 0.250. The topological polar surface area (TPSA) is 0 Å². The largest absolute Gasteiger partial charge is 0.416 e. The Hall–Kier alpha value is 0.0969. The highest BCUT2D eigenvalue weighted by atomic mass is 35.8. The zero-order valence-electron chi connectivity index (χ0n) is 7.50. The molecule has 0 bridgehead atoms. The van der Waals surface area contributed by atoms with E-state index in [1.807, 2.05) is 0 Å². The van der Waals surface area contributed by atoms with Crippen LogP contribution in [-0.4, -0.2) is 6.00 Å². The summed E-state index contributed by atoms with van der Waals surface area (Å²) in [6, 6.07) is 0.394. The van der Waals surface area contributed by atoms with Crippen LogP contribution in [0.25, 0.3) is 0 Å². The zero-order valence-corrected chi connectivity index (χ0v) is 10.8. The molecule has 0 saturated carbocycles. The van der Waals surface area contributed by atoms with Crippen LogP contribution in [-0.2, 0) is 6.18 Å². The van der Waals surface area contributed by atoms with Crippen molar-refractivity contribution in [3.05, 3.63) is 29.3 Å². The van der Waals surface area contributed by atoms with Crippen LogP contribution < -0.4 is 5.19 Å². The maximum Gasteiger partial charge on any atom is 0.416 e. The van der Waals surface area contributed by atoms with E-state index in [1.54, 1.807) is 0 Å². The van der Waals surface area contributed by atoms with Crippen LogP contribution in [0.5, 0.6) is 0 Å². The molecule has 0 amide bonds. The molecule has 0 nitrogen and oxygen atoms in total. The third-order valence-corrected chi connectivity index (χ3v) is 4.80. The van der Waals surface area contributed by atoms with Gasteiger partial charge >= 0.3 is 12.2 Å². The van der Waals surface area contributed by atoms with Crippen LogP contribution in [0, 0.1) is 6.92 Å². The normalized spacial score (nSPS) is 13.0. The average Bonchev–Trinajstić information content (AvgIpc) is 2.00. The van der Waals surface area contributed by atoms with Gasteiger partial charge in [-0.1, -0.05) is 12.1 Å². The Kier molecular flexibility index (Phi) is 3.65. The Labute approximate surface area is 100 Å². The molecule has 0 heterocycles. The molecular formula is C8H6Cl3F3Si. The monoisotopic (exact) mass is 292 g/mol. The van der Waals surface area contributed by atoms with Gasteiger partial charge in [-0.25, -0.2) is 0 Å². The molecule has 0 aliphatic heterocycles. The second kappa shape index (κ2) is 4.16. The van der Waals surface area contributed by atoms with E-state index in [1.165, 1.54) is 19.1 Å². The lowest BCUT2D eigenvalue weighted by Crippen LogP contribution is -2.31. The summed E-state index contributed by atoms with van der Waals surface area (Å²) in [6.45, 7) is 1.37. The van der Waals surface area contributed by atoms with Gasteiger partial charge in [-0.2, -0.15) is 13.2 Å². The van der Waals surface area contributed by atoms with Gasteiger partial charge in [0, 0.05) is 0 Å². The fourth-order valence-corrected chi connectivity index (χ4v) is 2.74. The predicted molar refractivity (Wildman–Crippen MR) is 59.1 cm³/mol. The van der Waals surface area contributed by atoms with Crippen LogP contribution in [0.4, 0.5) is 13.2 Å². The Morgan fingerprint density at radius 1 is 1.13 bits per heavy atom. The number of halogens is 6. The van der Waals surface area contributed by atoms with Gasteiger partial charge in [0.1, 0.15) is 0 Å². The van der Waals surface area contributed by atoms with Crippen molar-refractivity contribution in [2.24, 2.45) is 0 Å². The minimum absolute atomic E-state index is 0.120. The molecule has 0 atom stereocenters. The maximum absolute atomic E-state index is 12.5. The minimum Gasteiger partial charge on any atom is -0.166 e. The smallest absolute Gasteiger partial charge is 0.166 e. The highest BCUT2D eigenvalue weighted by Gasteiger charge is 2.36. The summed E-state index contributed by atoms with van der Waals surface area (Å²) in [5.41, 5.74) is -0.631. The van der Waals surface area contributed by atoms with Crippen molar-refractivity contribution in [3.63, 3.8) is 0 Å². The molecule has 0 radical (unpaired) electrons. The van der Waals surface area contributed by atoms with Gasteiger partial charge in [0.25, 0.3) is 0 Å². The summed E-state index contributed by atoms with van der Waals surface area (Å²) < 4.78 is 37.5. The number of alkyl halides is 3. The van der Waals surface area contributed by atoms with Gasteiger partial charge in [0.2, 0.25) is 0 Å². The van der Waals surface area contributed by atoms with Crippen molar-refractivity contribution in [2.45, 2.75) is 13.1 Å². The SMILES string of the molecule is Cc1ccc([Si](Cl)(Cl)Cl)cc1C(F)(F)F. The summed E-state index contributed by atoms with van der Waals surface area (Å²) in [7, 11) is 0. The summed E-state index contributed by atoms with van der Waals surface area (Å²) in [5, 5.41) is 0.144. The number of aryl methyl sites for hydroxylation is 1. The van der Waals surface area contributed by atoms with Gasteiger partial charge in [0.15, 0.2) is 0 Å². The zero-order chi connectivity index (χ0) is 11.9. The highest BCUT2D eigenvalue weighted by Crippen LogP contribution is 2.32. The molecular weight excluding hydrogens is 288 g/mol. The van der Waals surface area contributed by atoms with Crippen molar-refractivity contribution < 1.29 is 13.2 Å². The summed E-state index contributed by atoms with van der Waals surface area (Å²) >= 11 is 16.9. The van der Waals surface area contributed by atoms with Crippen molar-refractivity contribution in [3.8, 4) is 0 Å². The van der Waals surface area contributed by atoms with E-state index in [9.17, 15) is 13.2 Å². The minimum atomic E-state index is -4.41. The van der Waals surface area contributed by atoms with Crippen molar-refractivity contribution in [1.29, 1.82) is 0 Å². The van der Waals surface area contributed by atoms with E-state index in [4.69, 9.17) is 33.2 Å². The van der Waals surface area contributed by atoms with Crippen LogP contribution >= 0.6 is 33.2 Å². The number of benzene rings is 1. The van der Waals surface area contributed by atoms with Crippen LogP contribution in [0.1, 0.15) is 11.1 Å². The van der Waals surface area contributed by atoms with E-state index < -0.39 is 17.7 Å². The van der Waals surface area contributed by atoms with Gasteiger partial charge in [-0.05, 0) is 23.7 Å². The molecule has 0 saturated heterocycles. The molecule has 1 aromatic carbocycles. The standard InChI is InChI=1S/C8H6Cl3F3Si/c1-5-2-3-6(15(9,10)11)4-7(5)8(12,13)14/h2-4H,1H3. The number of rotatable bonds is 1. The third-order valence-electron chi connectivity index (χ3n) is 1.87. The molecule has 0 aliphatic rings. The Morgan fingerprint density at radius 3 is 2.07 bits per heavy atom. The summed E-state index contributed by atoms with van der Waals surface area (Å²) in [4.78, 5) is 0. The second-order valence-corrected chi connectivity index (χ2v) is 11.4. The predicted octanol–water partition coefficient (Wildman–Crippen LogP) is 3.88. The second-order valence-electron chi connectivity index (χ2n) is 3.03.